The van der Waals surface area contributed by atoms with Gasteiger partial charge in [-0.25, -0.2) is 0 Å². The predicted octanol–water partition coefficient (Wildman–Crippen LogP) is 5.12. The van der Waals surface area contributed by atoms with Crippen molar-refractivity contribution in [3.63, 3.8) is 0 Å². The highest BCUT2D eigenvalue weighted by Crippen LogP contribution is 2.34. The average Bonchev–Trinajstić information content (AvgIpc) is 2.77. The molecule has 2 nitrogen and oxygen atoms in total. The molecule has 1 unspecified atom stereocenters. The monoisotopic (exact) mass is 385 g/mol. The van der Waals surface area contributed by atoms with E-state index in [1.54, 1.807) is 6.26 Å². The lowest BCUT2D eigenvalue weighted by Gasteiger charge is -2.19. The van der Waals surface area contributed by atoms with Gasteiger partial charge in [0.15, 0.2) is 0 Å². The Morgan fingerprint density at radius 2 is 1.89 bits per heavy atom. The van der Waals surface area contributed by atoms with Crippen molar-refractivity contribution in [3.05, 3.63) is 55.9 Å². The number of rotatable bonds is 4. The first-order chi connectivity index (χ1) is 9.04. The summed E-state index contributed by atoms with van der Waals surface area (Å²) in [4.78, 5) is 0. The van der Waals surface area contributed by atoms with Crippen molar-refractivity contribution in [2.45, 2.75) is 26.8 Å². The maximum atomic E-state index is 5.66. The van der Waals surface area contributed by atoms with E-state index < -0.39 is 0 Å². The Morgan fingerprint density at radius 3 is 2.47 bits per heavy atom. The standard InChI is InChI=1S/C15H17Br2NO/c1-4-18-14(15-9(2)5-6-19-15)11-8-12(16)10(3)7-13(11)17/h5-8,14,18H,4H2,1-3H3. The first-order valence-corrected chi connectivity index (χ1v) is 7.86. The number of halogens is 2. The lowest BCUT2D eigenvalue weighted by molar-refractivity contribution is 0.448. The molecule has 1 atom stereocenters. The number of hydrogen-bond donors (Lipinski definition) is 1. The predicted molar refractivity (Wildman–Crippen MR) is 85.5 cm³/mol. The Labute approximate surface area is 130 Å². The van der Waals surface area contributed by atoms with Gasteiger partial charge in [0.05, 0.1) is 12.3 Å². The van der Waals surface area contributed by atoms with Crippen LogP contribution in [0.1, 0.15) is 35.4 Å². The Balaban J connectivity index is 2.51. The molecule has 1 N–H and O–H groups in total. The summed E-state index contributed by atoms with van der Waals surface area (Å²) in [5, 5.41) is 3.49. The minimum absolute atomic E-state index is 0.0614. The second kappa shape index (κ2) is 6.25. The van der Waals surface area contributed by atoms with Gasteiger partial charge in [-0.2, -0.15) is 0 Å². The minimum atomic E-state index is 0.0614. The molecule has 0 amide bonds. The Bertz CT molecular complexity index is 578. The zero-order valence-electron chi connectivity index (χ0n) is 11.3. The first kappa shape index (κ1) is 14.8. The van der Waals surface area contributed by atoms with E-state index in [-0.39, 0.29) is 6.04 Å². The van der Waals surface area contributed by atoms with E-state index in [1.165, 1.54) is 11.1 Å². The second-order valence-electron chi connectivity index (χ2n) is 4.58. The van der Waals surface area contributed by atoms with Gasteiger partial charge in [0, 0.05) is 8.95 Å². The van der Waals surface area contributed by atoms with Crippen LogP contribution in [-0.4, -0.2) is 6.54 Å². The van der Waals surface area contributed by atoms with Crippen LogP contribution in [-0.2, 0) is 0 Å². The van der Waals surface area contributed by atoms with Crippen LogP contribution in [0.15, 0.2) is 37.8 Å². The molecule has 0 aliphatic carbocycles. The van der Waals surface area contributed by atoms with Crippen LogP contribution in [0, 0.1) is 13.8 Å². The lowest BCUT2D eigenvalue weighted by atomic mass is 10.0. The molecule has 0 radical (unpaired) electrons. The zero-order chi connectivity index (χ0) is 14.0. The summed E-state index contributed by atoms with van der Waals surface area (Å²) >= 11 is 7.26. The fourth-order valence-electron chi connectivity index (χ4n) is 2.11. The molecule has 1 aromatic heterocycles. The van der Waals surface area contributed by atoms with Crippen molar-refractivity contribution in [2.24, 2.45) is 0 Å². The number of benzene rings is 1. The van der Waals surface area contributed by atoms with E-state index in [9.17, 15) is 0 Å². The van der Waals surface area contributed by atoms with Crippen LogP contribution in [0.25, 0.3) is 0 Å². The van der Waals surface area contributed by atoms with E-state index in [2.05, 4.69) is 70.1 Å². The summed E-state index contributed by atoms with van der Waals surface area (Å²) in [6.45, 7) is 7.13. The van der Waals surface area contributed by atoms with E-state index in [0.29, 0.717) is 0 Å². The van der Waals surface area contributed by atoms with Crippen molar-refractivity contribution in [3.8, 4) is 0 Å². The smallest absolute Gasteiger partial charge is 0.128 e. The maximum absolute atomic E-state index is 5.66. The van der Waals surface area contributed by atoms with Crippen LogP contribution in [0.4, 0.5) is 0 Å². The second-order valence-corrected chi connectivity index (χ2v) is 6.29. The average molecular weight is 387 g/mol. The Hall–Kier alpha value is -0.580. The van der Waals surface area contributed by atoms with Crippen molar-refractivity contribution in [1.82, 2.24) is 5.32 Å². The summed E-state index contributed by atoms with van der Waals surface area (Å²) in [6.07, 6.45) is 1.74. The summed E-state index contributed by atoms with van der Waals surface area (Å²) in [5.41, 5.74) is 3.55. The molecule has 0 fully saturated rings. The van der Waals surface area contributed by atoms with Crippen LogP contribution in [0.2, 0.25) is 0 Å². The van der Waals surface area contributed by atoms with Crippen LogP contribution >= 0.6 is 31.9 Å². The molecule has 102 valence electrons. The van der Waals surface area contributed by atoms with Gasteiger partial charge in [0.1, 0.15) is 5.76 Å². The van der Waals surface area contributed by atoms with Gasteiger partial charge in [-0.3, -0.25) is 0 Å². The third-order valence-electron chi connectivity index (χ3n) is 3.16. The molecular weight excluding hydrogens is 370 g/mol. The lowest BCUT2D eigenvalue weighted by Crippen LogP contribution is -2.22. The molecule has 4 heteroatoms. The normalized spacial score (nSPS) is 12.7. The van der Waals surface area contributed by atoms with Gasteiger partial charge < -0.3 is 9.73 Å². The molecule has 0 saturated heterocycles. The molecule has 0 aliphatic rings. The van der Waals surface area contributed by atoms with Gasteiger partial charge in [0.2, 0.25) is 0 Å². The third-order valence-corrected chi connectivity index (χ3v) is 4.70. The van der Waals surface area contributed by atoms with E-state index in [0.717, 1.165) is 26.8 Å². The summed E-state index contributed by atoms with van der Waals surface area (Å²) < 4.78 is 7.86. The molecule has 0 aliphatic heterocycles. The highest BCUT2D eigenvalue weighted by atomic mass is 79.9. The first-order valence-electron chi connectivity index (χ1n) is 6.27. The minimum Gasteiger partial charge on any atom is -0.467 e. The van der Waals surface area contributed by atoms with Crippen molar-refractivity contribution >= 4 is 31.9 Å². The van der Waals surface area contributed by atoms with Crippen molar-refractivity contribution in [2.75, 3.05) is 6.54 Å². The van der Waals surface area contributed by atoms with Crippen LogP contribution in [0.3, 0.4) is 0 Å². The molecule has 2 rings (SSSR count). The molecule has 0 spiro atoms. The van der Waals surface area contributed by atoms with Crippen LogP contribution in [0.5, 0.6) is 0 Å². The molecule has 2 aromatic rings. The summed E-state index contributed by atoms with van der Waals surface area (Å²) in [5.74, 6) is 0.971. The Morgan fingerprint density at radius 1 is 1.16 bits per heavy atom. The number of aryl methyl sites for hydroxylation is 2. The van der Waals surface area contributed by atoms with Gasteiger partial charge in [0.25, 0.3) is 0 Å². The third kappa shape index (κ3) is 3.12. The summed E-state index contributed by atoms with van der Waals surface area (Å²) in [7, 11) is 0. The number of hydrogen-bond acceptors (Lipinski definition) is 2. The summed E-state index contributed by atoms with van der Waals surface area (Å²) in [6, 6.07) is 6.33. The van der Waals surface area contributed by atoms with E-state index in [1.807, 2.05) is 6.07 Å². The SMILES string of the molecule is CCNC(c1cc(Br)c(C)cc1Br)c1occc1C. The van der Waals surface area contributed by atoms with E-state index in [4.69, 9.17) is 4.42 Å². The maximum Gasteiger partial charge on any atom is 0.128 e. The van der Waals surface area contributed by atoms with Gasteiger partial charge in [-0.15, -0.1) is 0 Å². The quantitative estimate of drug-likeness (QED) is 0.788. The van der Waals surface area contributed by atoms with Crippen molar-refractivity contribution in [1.29, 1.82) is 0 Å². The largest absolute Gasteiger partial charge is 0.467 e. The van der Waals surface area contributed by atoms with Gasteiger partial charge in [-0.1, -0.05) is 38.8 Å². The molecule has 0 bridgehead atoms. The molecular formula is C15H17Br2NO. The Kier molecular flexibility index (Phi) is 4.87. The number of nitrogens with one attached hydrogen (secondary N) is 1. The number of furan rings is 1. The molecule has 19 heavy (non-hydrogen) atoms. The van der Waals surface area contributed by atoms with Gasteiger partial charge >= 0.3 is 0 Å². The zero-order valence-corrected chi connectivity index (χ0v) is 14.4. The van der Waals surface area contributed by atoms with Gasteiger partial charge in [-0.05, 0) is 55.3 Å². The molecule has 0 saturated carbocycles. The molecule has 1 heterocycles. The highest BCUT2D eigenvalue weighted by Gasteiger charge is 2.21. The molecule has 1 aromatic carbocycles. The topological polar surface area (TPSA) is 25.2 Å². The highest BCUT2D eigenvalue weighted by molar-refractivity contribution is 9.11. The van der Waals surface area contributed by atoms with E-state index >= 15 is 0 Å². The fourth-order valence-corrected chi connectivity index (χ4v) is 3.16. The van der Waals surface area contributed by atoms with Crippen LogP contribution < -0.4 is 5.32 Å². The van der Waals surface area contributed by atoms with Crippen molar-refractivity contribution < 1.29 is 4.42 Å². The fraction of sp³-hybridized carbons (Fsp3) is 0.333.